The van der Waals surface area contributed by atoms with Crippen LogP contribution in [0.2, 0.25) is 0 Å². The van der Waals surface area contributed by atoms with Crippen LogP contribution in [0.3, 0.4) is 0 Å². The Morgan fingerprint density at radius 2 is 2.23 bits per heavy atom. The Kier molecular flexibility index (Phi) is 3.94. The number of nitrogens with one attached hydrogen (secondary N) is 1. The first-order valence-corrected chi connectivity index (χ1v) is 5.84. The molecular formula is C11H19NS. The molecule has 1 heterocycles. The molecular weight excluding hydrogens is 178 g/mol. The predicted octanol–water partition coefficient (Wildman–Crippen LogP) is 3.07. The van der Waals surface area contributed by atoms with Gasteiger partial charge in [0.15, 0.2) is 0 Å². The van der Waals surface area contributed by atoms with E-state index in [2.05, 4.69) is 42.9 Å². The van der Waals surface area contributed by atoms with Gasteiger partial charge in [0.2, 0.25) is 0 Å². The van der Waals surface area contributed by atoms with Gasteiger partial charge in [-0.05, 0) is 55.6 Å². The first-order valence-electron chi connectivity index (χ1n) is 4.90. The van der Waals surface area contributed by atoms with Gasteiger partial charge in [-0.1, -0.05) is 6.92 Å². The van der Waals surface area contributed by atoms with E-state index in [4.69, 9.17) is 0 Å². The van der Waals surface area contributed by atoms with Crippen LogP contribution in [0.4, 0.5) is 0 Å². The molecule has 1 nitrogen and oxygen atoms in total. The molecule has 0 radical (unpaired) electrons. The topological polar surface area (TPSA) is 12.0 Å². The second-order valence-electron chi connectivity index (χ2n) is 4.05. The highest BCUT2D eigenvalue weighted by Crippen LogP contribution is 2.09. The summed E-state index contributed by atoms with van der Waals surface area (Å²) >= 11 is 1.78. The standard InChI is InChI=1S/C11H19NS/c1-4-11(2,3)12-7-5-10-6-8-13-9-10/h6,8-9,12H,4-5,7H2,1-3H3. The average molecular weight is 197 g/mol. The van der Waals surface area contributed by atoms with Gasteiger partial charge < -0.3 is 5.32 Å². The van der Waals surface area contributed by atoms with Crippen molar-refractivity contribution in [3.05, 3.63) is 22.4 Å². The van der Waals surface area contributed by atoms with E-state index in [0.717, 1.165) is 13.0 Å². The van der Waals surface area contributed by atoms with Crippen molar-refractivity contribution in [2.45, 2.75) is 39.2 Å². The number of rotatable bonds is 5. The van der Waals surface area contributed by atoms with Crippen LogP contribution in [0.15, 0.2) is 16.8 Å². The van der Waals surface area contributed by atoms with E-state index in [1.807, 2.05) is 0 Å². The summed E-state index contributed by atoms with van der Waals surface area (Å²) in [6.07, 6.45) is 2.32. The SMILES string of the molecule is CCC(C)(C)NCCc1ccsc1. The van der Waals surface area contributed by atoms with Crippen LogP contribution in [0, 0.1) is 0 Å². The smallest absolute Gasteiger partial charge is 0.0122 e. The molecule has 0 saturated heterocycles. The average Bonchev–Trinajstić information content (AvgIpc) is 2.57. The summed E-state index contributed by atoms with van der Waals surface area (Å²) in [6, 6.07) is 2.20. The molecule has 0 aliphatic heterocycles. The van der Waals surface area contributed by atoms with Crippen LogP contribution < -0.4 is 5.32 Å². The van der Waals surface area contributed by atoms with Gasteiger partial charge in [0, 0.05) is 5.54 Å². The van der Waals surface area contributed by atoms with Crippen LogP contribution >= 0.6 is 11.3 Å². The lowest BCUT2D eigenvalue weighted by molar-refractivity contribution is 0.379. The van der Waals surface area contributed by atoms with Gasteiger partial charge in [-0.25, -0.2) is 0 Å². The Morgan fingerprint density at radius 1 is 1.46 bits per heavy atom. The van der Waals surface area contributed by atoms with Crippen molar-refractivity contribution in [2.24, 2.45) is 0 Å². The van der Waals surface area contributed by atoms with Crippen molar-refractivity contribution in [1.29, 1.82) is 0 Å². The van der Waals surface area contributed by atoms with Crippen molar-refractivity contribution in [3.63, 3.8) is 0 Å². The molecule has 0 aromatic carbocycles. The third kappa shape index (κ3) is 3.92. The van der Waals surface area contributed by atoms with E-state index in [1.165, 1.54) is 12.0 Å². The molecule has 1 aromatic heterocycles. The third-order valence-electron chi connectivity index (χ3n) is 2.48. The maximum atomic E-state index is 3.55. The van der Waals surface area contributed by atoms with Gasteiger partial charge in [-0.3, -0.25) is 0 Å². The Bertz CT molecular complexity index is 226. The highest BCUT2D eigenvalue weighted by atomic mass is 32.1. The molecule has 2 heteroatoms. The molecule has 1 aromatic rings. The molecule has 0 atom stereocenters. The molecule has 0 aliphatic rings. The zero-order valence-electron chi connectivity index (χ0n) is 8.76. The van der Waals surface area contributed by atoms with E-state index in [1.54, 1.807) is 11.3 Å². The lowest BCUT2D eigenvalue weighted by Gasteiger charge is -2.24. The summed E-state index contributed by atoms with van der Waals surface area (Å²) in [5.41, 5.74) is 1.74. The zero-order valence-corrected chi connectivity index (χ0v) is 9.58. The predicted molar refractivity (Wildman–Crippen MR) is 60.4 cm³/mol. The second-order valence-corrected chi connectivity index (χ2v) is 4.83. The minimum absolute atomic E-state index is 0.288. The van der Waals surface area contributed by atoms with Crippen molar-refractivity contribution in [2.75, 3.05) is 6.54 Å². The Morgan fingerprint density at radius 3 is 2.77 bits per heavy atom. The molecule has 0 bridgehead atoms. The maximum absolute atomic E-state index is 3.55. The summed E-state index contributed by atoms with van der Waals surface area (Å²) in [7, 11) is 0. The largest absolute Gasteiger partial charge is 0.311 e. The van der Waals surface area contributed by atoms with E-state index < -0.39 is 0 Å². The molecule has 0 unspecified atom stereocenters. The summed E-state index contributed by atoms with van der Waals surface area (Å²) in [4.78, 5) is 0. The molecule has 0 aliphatic carbocycles. The van der Waals surface area contributed by atoms with E-state index in [0.29, 0.717) is 0 Å². The van der Waals surface area contributed by atoms with Gasteiger partial charge in [0.05, 0.1) is 0 Å². The number of hydrogen-bond donors (Lipinski definition) is 1. The van der Waals surface area contributed by atoms with Crippen LogP contribution in [-0.2, 0) is 6.42 Å². The highest BCUT2D eigenvalue weighted by Gasteiger charge is 2.12. The van der Waals surface area contributed by atoms with Crippen LogP contribution in [0.5, 0.6) is 0 Å². The lowest BCUT2D eigenvalue weighted by atomic mass is 10.0. The first kappa shape index (κ1) is 10.7. The minimum atomic E-state index is 0.288. The normalized spacial score (nSPS) is 11.9. The Balaban J connectivity index is 2.21. The molecule has 1 N–H and O–H groups in total. The molecule has 0 fully saturated rings. The van der Waals surface area contributed by atoms with Gasteiger partial charge in [0.25, 0.3) is 0 Å². The van der Waals surface area contributed by atoms with E-state index in [-0.39, 0.29) is 5.54 Å². The van der Waals surface area contributed by atoms with Crippen molar-refractivity contribution in [1.82, 2.24) is 5.32 Å². The maximum Gasteiger partial charge on any atom is 0.0122 e. The highest BCUT2D eigenvalue weighted by molar-refractivity contribution is 7.07. The third-order valence-corrected chi connectivity index (χ3v) is 3.21. The monoisotopic (exact) mass is 197 g/mol. The molecule has 13 heavy (non-hydrogen) atoms. The van der Waals surface area contributed by atoms with Crippen molar-refractivity contribution >= 4 is 11.3 Å². The molecule has 1 rings (SSSR count). The van der Waals surface area contributed by atoms with Gasteiger partial charge in [-0.15, -0.1) is 0 Å². The van der Waals surface area contributed by atoms with Crippen LogP contribution in [-0.4, -0.2) is 12.1 Å². The Hall–Kier alpha value is -0.340. The fourth-order valence-corrected chi connectivity index (χ4v) is 1.81. The quantitative estimate of drug-likeness (QED) is 0.765. The molecule has 0 amide bonds. The van der Waals surface area contributed by atoms with Crippen LogP contribution in [0.1, 0.15) is 32.8 Å². The molecule has 0 spiro atoms. The number of hydrogen-bond acceptors (Lipinski definition) is 2. The van der Waals surface area contributed by atoms with Crippen LogP contribution in [0.25, 0.3) is 0 Å². The van der Waals surface area contributed by atoms with Gasteiger partial charge in [0.1, 0.15) is 0 Å². The molecule has 74 valence electrons. The fraction of sp³-hybridized carbons (Fsp3) is 0.636. The van der Waals surface area contributed by atoms with Crippen molar-refractivity contribution in [3.8, 4) is 0 Å². The fourth-order valence-electron chi connectivity index (χ4n) is 1.11. The zero-order chi connectivity index (χ0) is 9.73. The summed E-state index contributed by atoms with van der Waals surface area (Å²) < 4.78 is 0. The van der Waals surface area contributed by atoms with E-state index in [9.17, 15) is 0 Å². The summed E-state index contributed by atoms with van der Waals surface area (Å²) in [5, 5.41) is 7.91. The first-order chi connectivity index (χ1) is 6.14. The summed E-state index contributed by atoms with van der Waals surface area (Å²) in [6.45, 7) is 7.80. The van der Waals surface area contributed by atoms with E-state index >= 15 is 0 Å². The summed E-state index contributed by atoms with van der Waals surface area (Å²) in [5.74, 6) is 0. The lowest BCUT2D eigenvalue weighted by Crippen LogP contribution is -2.39. The van der Waals surface area contributed by atoms with Gasteiger partial charge in [-0.2, -0.15) is 11.3 Å². The van der Waals surface area contributed by atoms with Crippen molar-refractivity contribution < 1.29 is 0 Å². The van der Waals surface area contributed by atoms with Gasteiger partial charge >= 0.3 is 0 Å². The Labute approximate surface area is 85.2 Å². The molecule has 0 saturated carbocycles. The number of thiophene rings is 1. The second kappa shape index (κ2) is 4.77. The minimum Gasteiger partial charge on any atom is -0.311 e.